The van der Waals surface area contributed by atoms with Crippen LogP contribution in [-0.4, -0.2) is 5.78 Å². The Morgan fingerprint density at radius 3 is 2.38 bits per heavy atom. The molecule has 0 atom stereocenters. The standard InChI is InChI=1S/C15H28O/c1-4-7-8-9-10-11-15(16)13-12-14(5-2)6-3/h4,7,14H,5-6,8-13H2,1-3H3. The van der Waals surface area contributed by atoms with Gasteiger partial charge in [-0.25, -0.2) is 0 Å². The van der Waals surface area contributed by atoms with Crippen LogP contribution in [0, 0.1) is 5.92 Å². The van der Waals surface area contributed by atoms with Crippen LogP contribution >= 0.6 is 0 Å². The number of unbranched alkanes of at least 4 members (excludes halogenated alkanes) is 2. The topological polar surface area (TPSA) is 17.1 Å². The van der Waals surface area contributed by atoms with E-state index in [4.69, 9.17) is 0 Å². The first-order valence-electron chi connectivity index (χ1n) is 6.87. The summed E-state index contributed by atoms with van der Waals surface area (Å²) in [4.78, 5) is 11.6. The number of ketones is 1. The molecule has 94 valence electrons. The number of rotatable bonds is 10. The summed E-state index contributed by atoms with van der Waals surface area (Å²) in [6, 6.07) is 0. The molecule has 0 fully saturated rings. The molecule has 0 unspecified atom stereocenters. The van der Waals surface area contributed by atoms with Crippen molar-refractivity contribution in [2.75, 3.05) is 0 Å². The third kappa shape index (κ3) is 8.70. The molecule has 0 heterocycles. The molecular weight excluding hydrogens is 196 g/mol. The van der Waals surface area contributed by atoms with Gasteiger partial charge in [0.05, 0.1) is 0 Å². The second-order valence-electron chi connectivity index (χ2n) is 4.57. The molecule has 0 rings (SSSR count). The Morgan fingerprint density at radius 2 is 1.81 bits per heavy atom. The summed E-state index contributed by atoms with van der Waals surface area (Å²) in [5, 5.41) is 0. The minimum Gasteiger partial charge on any atom is -0.300 e. The van der Waals surface area contributed by atoms with Gasteiger partial charge in [0.25, 0.3) is 0 Å². The van der Waals surface area contributed by atoms with Crippen molar-refractivity contribution in [2.45, 2.75) is 72.1 Å². The van der Waals surface area contributed by atoms with Crippen molar-refractivity contribution in [3.63, 3.8) is 0 Å². The van der Waals surface area contributed by atoms with Crippen molar-refractivity contribution in [3.05, 3.63) is 12.2 Å². The highest BCUT2D eigenvalue weighted by molar-refractivity contribution is 5.78. The van der Waals surface area contributed by atoms with Crippen LogP contribution in [0.5, 0.6) is 0 Å². The van der Waals surface area contributed by atoms with E-state index < -0.39 is 0 Å². The SMILES string of the molecule is CC=CCCCCC(=O)CCC(CC)CC. The summed E-state index contributed by atoms with van der Waals surface area (Å²) >= 11 is 0. The van der Waals surface area contributed by atoms with E-state index in [1.807, 2.05) is 6.92 Å². The lowest BCUT2D eigenvalue weighted by atomic mass is 9.95. The van der Waals surface area contributed by atoms with Crippen molar-refractivity contribution >= 4 is 5.78 Å². The van der Waals surface area contributed by atoms with Crippen molar-refractivity contribution in [3.8, 4) is 0 Å². The molecule has 1 heteroatoms. The van der Waals surface area contributed by atoms with Crippen LogP contribution in [0.3, 0.4) is 0 Å². The fourth-order valence-corrected chi connectivity index (χ4v) is 1.94. The maximum atomic E-state index is 11.6. The smallest absolute Gasteiger partial charge is 0.132 e. The van der Waals surface area contributed by atoms with Crippen molar-refractivity contribution < 1.29 is 4.79 Å². The highest BCUT2D eigenvalue weighted by Crippen LogP contribution is 2.16. The summed E-state index contributed by atoms with van der Waals surface area (Å²) in [6.07, 6.45) is 12.7. The van der Waals surface area contributed by atoms with Crippen LogP contribution in [0.2, 0.25) is 0 Å². The van der Waals surface area contributed by atoms with Gasteiger partial charge in [0.1, 0.15) is 5.78 Å². The molecule has 0 aromatic rings. The molecule has 0 saturated carbocycles. The Hall–Kier alpha value is -0.590. The zero-order valence-electron chi connectivity index (χ0n) is 11.3. The van der Waals surface area contributed by atoms with Crippen LogP contribution in [0.4, 0.5) is 0 Å². The highest BCUT2D eigenvalue weighted by Gasteiger charge is 2.07. The van der Waals surface area contributed by atoms with Crippen molar-refractivity contribution in [2.24, 2.45) is 5.92 Å². The predicted octanol–water partition coefficient (Wildman–Crippen LogP) is 4.91. The summed E-state index contributed by atoms with van der Waals surface area (Å²) in [6.45, 7) is 6.48. The normalized spacial score (nSPS) is 11.5. The van der Waals surface area contributed by atoms with E-state index in [1.165, 1.54) is 12.8 Å². The van der Waals surface area contributed by atoms with Crippen LogP contribution in [0.25, 0.3) is 0 Å². The number of hydrogen-bond acceptors (Lipinski definition) is 1. The lowest BCUT2D eigenvalue weighted by Gasteiger charge is -2.10. The summed E-state index contributed by atoms with van der Waals surface area (Å²) < 4.78 is 0. The second-order valence-corrected chi connectivity index (χ2v) is 4.57. The van der Waals surface area contributed by atoms with Gasteiger partial charge in [-0.05, 0) is 38.5 Å². The molecule has 0 saturated heterocycles. The number of carbonyl (C=O) groups excluding carboxylic acids is 1. The van der Waals surface area contributed by atoms with Gasteiger partial charge in [-0.1, -0.05) is 38.8 Å². The van der Waals surface area contributed by atoms with Gasteiger partial charge in [-0.3, -0.25) is 4.79 Å². The highest BCUT2D eigenvalue weighted by atomic mass is 16.1. The predicted molar refractivity (Wildman–Crippen MR) is 71.6 cm³/mol. The Balaban J connectivity index is 3.44. The van der Waals surface area contributed by atoms with Crippen LogP contribution < -0.4 is 0 Å². The summed E-state index contributed by atoms with van der Waals surface area (Å²) in [7, 11) is 0. The lowest BCUT2D eigenvalue weighted by molar-refractivity contribution is -0.119. The quantitative estimate of drug-likeness (QED) is 0.381. The zero-order valence-corrected chi connectivity index (χ0v) is 11.3. The fourth-order valence-electron chi connectivity index (χ4n) is 1.94. The van der Waals surface area contributed by atoms with Crippen molar-refractivity contribution in [1.29, 1.82) is 0 Å². The molecule has 0 aromatic heterocycles. The Bertz CT molecular complexity index is 190. The van der Waals surface area contributed by atoms with Gasteiger partial charge < -0.3 is 0 Å². The summed E-state index contributed by atoms with van der Waals surface area (Å²) in [5.74, 6) is 1.22. The molecule has 0 radical (unpaired) electrons. The van der Waals surface area contributed by atoms with Crippen molar-refractivity contribution in [1.82, 2.24) is 0 Å². The first-order valence-corrected chi connectivity index (χ1v) is 6.87. The van der Waals surface area contributed by atoms with Gasteiger partial charge >= 0.3 is 0 Å². The fraction of sp³-hybridized carbons (Fsp3) is 0.800. The van der Waals surface area contributed by atoms with Gasteiger partial charge in [-0.2, -0.15) is 0 Å². The zero-order chi connectivity index (χ0) is 12.2. The second kappa shape index (κ2) is 10.9. The number of carbonyl (C=O) groups is 1. The molecule has 0 N–H and O–H groups in total. The van der Waals surface area contributed by atoms with Gasteiger partial charge in [0.2, 0.25) is 0 Å². The molecule has 0 amide bonds. The first-order chi connectivity index (χ1) is 7.74. The van der Waals surface area contributed by atoms with Crippen LogP contribution in [0.15, 0.2) is 12.2 Å². The number of Topliss-reactive ketones (excluding diaryl/α,β-unsaturated/α-hetero) is 1. The maximum Gasteiger partial charge on any atom is 0.132 e. The Labute approximate surface area is 101 Å². The van der Waals surface area contributed by atoms with E-state index in [-0.39, 0.29) is 0 Å². The van der Waals surface area contributed by atoms with E-state index in [0.29, 0.717) is 5.78 Å². The van der Waals surface area contributed by atoms with E-state index >= 15 is 0 Å². The van der Waals surface area contributed by atoms with Gasteiger partial charge in [0, 0.05) is 12.8 Å². The first kappa shape index (κ1) is 15.4. The molecule has 16 heavy (non-hydrogen) atoms. The molecule has 0 aliphatic heterocycles. The Morgan fingerprint density at radius 1 is 1.12 bits per heavy atom. The van der Waals surface area contributed by atoms with Gasteiger partial charge in [-0.15, -0.1) is 0 Å². The molecule has 0 aliphatic carbocycles. The summed E-state index contributed by atoms with van der Waals surface area (Å²) in [5.41, 5.74) is 0. The monoisotopic (exact) mass is 224 g/mol. The van der Waals surface area contributed by atoms with Crippen LogP contribution in [0.1, 0.15) is 72.1 Å². The van der Waals surface area contributed by atoms with Crippen LogP contribution in [-0.2, 0) is 4.79 Å². The largest absolute Gasteiger partial charge is 0.300 e. The molecule has 0 aromatic carbocycles. The van der Waals surface area contributed by atoms with Gasteiger partial charge in [0.15, 0.2) is 0 Å². The average Bonchev–Trinajstić information content (AvgIpc) is 2.30. The number of allylic oxidation sites excluding steroid dienone is 2. The lowest BCUT2D eigenvalue weighted by Crippen LogP contribution is -2.03. The molecular formula is C15H28O. The van der Waals surface area contributed by atoms with E-state index in [2.05, 4.69) is 26.0 Å². The Kier molecular flexibility index (Phi) is 10.5. The average molecular weight is 224 g/mol. The molecule has 1 nitrogen and oxygen atoms in total. The van der Waals surface area contributed by atoms with E-state index in [1.54, 1.807) is 0 Å². The minimum absolute atomic E-state index is 0.465. The van der Waals surface area contributed by atoms with E-state index in [0.717, 1.165) is 44.4 Å². The molecule has 0 spiro atoms. The maximum absolute atomic E-state index is 11.6. The molecule has 0 bridgehead atoms. The van der Waals surface area contributed by atoms with E-state index in [9.17, 15) is 4.79 Å². The minimum atomic E-state index is 0.465. The molecule has 0 aliphatic rings. The third-order valence-corrected chi connectivity index (χ3v) is 3.30. The third-order valence-electron chi connectivity index (χ3n) is 3.30. The number of hydrogen-bond donors (Lipinski definition) is 0.